The SMILES string of the molecule is [C-]#[N+]c1cc(C(F)(F)F)ccc1-c1ccc(-n2c3ccc(-n4c5ccccc5c5ccccc54)cc3c3cc(-n4c5ccccc5c5ccccc54)ccc32)c(-c2cc(C#N)ccc2-n2c3ccc(-n4c5ccccc5c5ccccc54)cc3c3cc(-n4c5ccccc5c5ccccc54)ccc32)c1. The second-order valence-corrected chi connectivity index (χ2v) is 26.9. The minimum atomic E-state index is -4.68. The first-order valence-electron chi connectivity index (χ1n) is 34.5. The van der Waals surface area contributed by atoms with Gasteiger partial charge < -0.3 is 27.4 Å². The lowest BCUT2D eigenvalue weighted by atomic mass is 9.93. The molecule has 0 N–H and O–H groups in total. The lowest BCUT2D eigenvalue weighted by Crippen LogP contribution is -2.04. The maximum atomic E-state index is 14.6. The summed E-state index contributed by atoms with van der Waals surface area (Å²) < 4.78 is 57.9. The van der Waals surface area contributed by atoms with E-state index in [1.54, 1.807) is 0 Å². The van der Waals surface area contributed by atoms with Crippen LogP contribution in [0, 0.1) is 17.9 Å². The molecule has 0 unspecified atom stereocenters. The Kier molecular flexibility index (Phi) is 12.5. The van der Waals surface area contributed by atoms with E-state index in [1.807, 2.05) is 36.4 Å². The smallest absolute Gasteiger partial charge is 0.309 e. The van der Waals surface area contributed by atoms with E-state index in [4.69, 9.17) is 6.57 Å². The van der Waals surface area contributed by atoms with Gasteiger partial charge >= 0.3 is 6.18 Å². The Morgan fingerprint density at radius 3 is 0.856 bits per heavy atom. The Hall–Kier alpha value is -14.1. The molecule has 6 aromatic heterocycles. The Bertz CT molecular complexity index is 6840. The molecule has 104 heavy (non-hydrogen) atoms. The molecule has 21 aromatic rings. The first-order valence-corrected chi connectivity index (χ1v) is 34.5. The van der Waals surface area contributed by atoms with Crippen LogP contribution in [0.4, 0.5) is 18.9 Å². The summed E-state index contributed by atoms with van der Waals surface area (Å²) in [6.07, 6.45) is -4.68. The van der Waals surface area contributed by atoms with Crippen LogP contribution in [0.25, 0.3) is 192 Å². The maximum Gasteiger partial charge on any atom is 0.415 e. The molecule has 0 aliphatic heterocycles. The lowest BCUT2D eigenvalue weighted by molar-refractivity contribution is -0.137. The number of rotatable bonds is 8. The van der Waals surface area contributed by atoms with Crippen molar-refractivity contribution in [2.75, 3.05) is 0 Å². The van der Waals surface area contributed by atoms with Crippen LogP contribution in [-0.4, -0.2) is 27.4 Å². The van der Waals surface area contributed by atoms with E-state index >= 15 is 0 Å². The number of halogens is 3. The maximum absolute atomic E-state index is 14.6. The molecule has 0 radical (unpaired) electrons. The van der Waals surface area contributed by atoms with E-state index in [0.717, 1.165) is 177 Å². The van der Waals surface area contributed by atoms with Crippen LogP contribution in [0.2, 0.25) is 0 Å². The average molecular weight is 1340 g/mol. The minimum absolute atomic E-state index is 0.142. The molecule has 0 spiro atoms. The summed E-state index contributed by atoms with van der Waals surface area (Å²) in [5, 5.41) is 24.3. The van der Waals surface area contributed by atoms with Crippen LogP contribution in [0.15, 0.2) is 322 Å². The third-order valence-corrected chi connectivity index (χ3v) is 21.5. The molecule has 0 fully saturated rings. The lowest BCUT2D eigenvalue weighted by Gasteiger charge is -2.21. The molecule has 0 atom stereocenters. The molecule has 0 bridgehead atoms. The third-order valence-electron chi connectivity index (χ3n) is 21.5. The highest BCUT2D eigenvalue weighted by Gasteiger charge is 2.32. The summed E-state index contributed by atoms with van der Waals surface area (Å²) >= 11 is 0. The molecule has 0 amide bonds. The molecule has 6 heterocycles. The van der Waals surface area contributed by atoms with Gasteiger partial charge in [-0.3, -0.25) is 0 Å². The zero-order valence-corrected chi connectivity index (χ0v) is 55.3. The Balaban J connectivity index is 0.864. The molecular weight excluding hydrogens is 1290 g/mol. The van der Waals surface area contributed by atoms with Gasteiger partial charge in [0.25, 0.3) is 0 Å². The van der Waals surface area contributed by atoms with Crippen molar-refractivity contribution in [3.63, 3.8) is 0 Å². The molecule has 21 rings (SSSR count). The van der Waals surface area contributed by atoms with Gasteiger partial charge in [-0.25, -0.2) is 4.85 Å². The molecule has 11 heteroatoms. The number of hydrogen-bond donors (Lipinski definition) is 0. The standard InChI is InChI=1S/C93H53F3N8/c1-98-78-50-58(93(94,95)96)36-41-63(78)57-35-43-88(104-91-46-39-61(101-83-30-14-6-22-68(83)69-23-7-15-31-84(69)101)53-76(91)77-54-62(40-47-92(77)104)102-85-32-16-8-24-70(85)71-25-9-17-33-86(71)102)73(49-57)72-48-56(55-97)34-42-87(72)103-89-44-37-59(99-79-26-10-2-18-64(79)65-19-3-11-27-80(65)99)51-74(89)75-52-60(38-45-90(75)103)100-81-28-12-4-20-66(81)67-21-5-13-29-82(67)100/h2-54H. The molecule has 15 aromatic carbocycles. The number of nitrogens with zero attached hydrogens (tertiary/aromatic N) is 8. The van der Waals surface area contributed by atoms with E-state index in [2.05, 4.69) is 305 Å². The van der Waals surface area contributed by atoms with Crippen LogP contribution < -0.4 is 0 Å². The van der Waals surface area contributed by atoms with Crippen molar-refractivity contribution in [1.82, 2.24) is 27.4 Å². The van der Waals surface area contributed by atoms with Crippen molar-refractivity contribution in [2.24, 2.45) is 0 Å². The Morgan fingerprint density at radius 1 is 0.269 bits per heavy atom. The first-order chi connectivity index (χ1) is 51.1. The molecule has 0 saturated heterocycles. The quantitative estimate of drug-likeness (QED) is 0.140. The van der Waals surface area contributed by atoms with Gasteiger partial charge in [0.2, 0.25) is 0 Å². The van der Waals surface area contributed by atoms with E-state index in [0.29, 0.717) is 27.8 Å². The number of aromatic nitrogens is 6. The van der Waals surface area contributed by atoms with Crippen molar-refractivity contribution >= 4 is 137 Å². The van der Waals surface area contributed by atoms with E-state index in [-0.39, 0.29) is 5.69 Å². The second kappa shape index (κ2) is 22.2. The number of alkyl halides is 3. The average Bonchev–Trinajstić information content (AvgIpc) is 1.57. The topological polar surface area (TPSA) is 57.7 Å². The van der Waals surface area contributed by atoms with Crippen LogP contribution in [0.3, 0.4) is 0 Å². The van der Waals surface area contributed by atoms with E-state index in [9.17, 15) is 18.4 Å². The summed E-state index contributed by atoms with van der Waals surface area (Å²) in [4.78, 5) is 3.77. The number of nitriles is 1. The van der Waals surface area contributed by atoms with Crippen LogP contribution in [0.5, 0.6) is 0 Å². The Morgan fingerprint density at radius 2 is 0.558 bits per heavy atom. The molecule has 0 aliphatic rings. The molecule has 0 saturated carbocycles. The number of para-hydroxylation sites is 8. The zero-order valence-electron chi connectivity index (χ0n) is 55.3. The van der Waals surface area contributed by atoms with Crippen LogP contribution in [0.1, 0.15) is 11.1 Å². The fourth-order valence-corrected chi connectivity index (χ4v) is 17.1. The summed E-state index contributed by atoms with van der Waals surface area (Å²) in [6, 6.07) is 113. The molecule has 0 aliphatic carbocycles. The molecule has 486 valence electrons. The molecule has 8 nitrogen and oxygen atoms in total. The fraction of sp³-hybridized carbons (Fsp3) is 0.0108. The largest absolute Gasteiger partial charge is 0.415 e. The van der Waals surface area contributed by atoms with E-state index < -0.39 is 11.7 Å². The third kappa shape index (κ3) is 8.53. The van der Waals surface area contributed by atoms with Gasteiger partial charge in [-0.1, -0.05) is 164 Å². The number of hydrogen-bond acceptors (Lipinski definition) is 1. The predicted molar refractivity (Wildman–Crippen MR) is 419 cm³/mol. The van der Waals surface area contributed by atoms with Gasteiger partial charge in [-0.15, -0.1) is 0 Å². The van der Waals surface area contributed by atoms with Crippen molar-refractivity contribution in [3.8, 4) is 62.4 Å². The van der Waals surface area contributed by atoms with Gasteiger partial charge in [0.05, 0.1) is 95.8 Å². The van der Waals surface area contributed by atoms with Crippen molar-refractivity contribution < 1.29 is 13.2 Å². The van der Waals surface area contributed by atoms with Gasteiger partial charge in [0, 0.05) is 104 Å². The van der Waals surface area contributed by atoms with Crippen LogP contribution >= 0.6 is 0 Å². The molecular formula is C93H53F3N8. The number of fused-ring (bicyclic) bond motifs is 18. The normalized spacial score (nSPS) is 12.2. The van der Waals surface area contributed by atoms with E-state index in [1.165, 1.54) is 6.07 Å². The summed E-state index contributed by atoms with van der Waals surface area (Å²) in [6.45, 7) is 8.43. The second-order valence-electron chi connectivity index (χ2n) is 26.9. The van der Waals surface area contributed by atoms with Gasteiger partial charge in [-0.05, 0) is 169 Å². The highest BCUT2D eigenvalue weighted by molar-refractivity contribution is 6.17. The van der Waals surface area contributed by atoms with Crippen molar-refractivity contribution in [2.45, 2.75) is 6.18 Å². The van der Waals surface area contributed by atoms with Crippen LogP contribution in [-0.2, 0) is 6.18 Å². The van der Waals surface area contributed by atoms with Gasteiger partial charge in [-0.2, -0.15) is 18.4 Å². The van der Waals surface area contributed by atoms with Crippen molar-refractivity contribution in [3.05, 3.63) is 344 Å². The first kappa shape index (κ1) is 58.8. The minimum Gasteiger partial charge on any atom is -0.309 e. The fourth-order valence-electron chi connectivity index (χ4n) is 17.1. The summed E-state index contributed by atoms with van der Waals surface area (Å²) in [5.74, 6) is 0. The zero-order chi connectivity index (χ0) is 69.2. The van der Waals surface area contributed by atoms with Crippen molar-refractivity contribution in [1.29, 1.82) is 5.26 Å². The van der Waals surface area contributed by atoms with Gasteiger partial charge in [0.15, 0.2) is 5.69 Å². The summed E-state index contributed by atoms with van der Waals surface area (Å²) in [5.41, 5.74) is 19.1. The highest BCUT2D eigenvalue weighted by Crippen LogP contribution is 2.48. The Labute approximate surface area is 591 Å². The predicted octanol–water partition coefficient (Wildman–Crippen LogP) is 25.0. The summed E-state index contributed by atoms with van der Waals surface area (Å²) in [7, 11) is 0. The van der Waals surface area contributed by atoms with Gasteiger partial charge in [0.1, 0.15) is 0 Å². The monoisotopic (exact) mass is 1340 g/mol. The number of benzene rings is 15. The highest BCUT2D eigenvalue weighted by atomic mass is 19.4.